The topological polar surface area (TPSA) is 71.8 Å². The molecule has 2 aliphatic rings. The molecule has 0 spiro atoms. The lowest BCUT2D eigenvalue weighted by atomic mass is 9.80. The molecule has 140 valence electrons. The van der Waals surface area contributed by atoms with Crippen LogP contribution in [0.25, 0.3) is 0 Å². The van der Waals surface area contributed by atoms with Crippen molar-refractivity contribution in [2.45, 2.75) is 84.2 Å². The summed E-state index contributed by atoms with van der Waals surface area (Å²) in [6, 6.07) is 0.301. The normalized spacial score (nSPS) is 26.6. The summed E-state index contributed by atoms with van der Waals surface area (Å²) in [4.78, 5) is 12.1. The van der Waals surface area contributed by atoms with Gasteiger partial charge in [-0.3, -0.25) is 0 Å². The number of carbonyl (C=O) groups is 1. The molecule has 0 saturated heterocycles. The molecule has 3 atom stereocenters. The summed E-state index contributed by atoms with van der Waals surface area (Å²) in [6.07, 6.45) is 10.1. The van der Waals surface area contributed by atoms with Crippen molar-refractivity contribution in [3.8, 4) is 0 Å². The van der Waals surface area contributed by atoms with E-state index in [4.69, 9.17) is 0 Å². The minimum atomic E-state index is -0.0218. The van der Waals surface area contributed by atoms with Crippen molar-refractivity contribution in [3.63, 3.8) is 0 Å². The van der Waals surface area contributed by atoms with Crippen molar-refractivity contribution in [3.05, 3.63) is 11.6 Å². The van der Waals surface area contributed by atoms with Gasteiger partial charge in [0.1, 0.15) is 11.6 Å². The van der Waals surface area contributed by atoms with E-state index in [9.17, 15) is 4.79 Å². The van der Waals surface area contributed by atoms with Crippen molar-refractivity contribution in [2.24, 2.45) is 11.8 Å². The first-order valence-electron chi connectivity index (χ1n) is 10.1. The van der Waals surface area contributed by atoms with Crippen LogP contribution in [0.1, 0.15) is 70.4 Å². The number of amides is 2. The maximum Gasteiger partial charge on any atom is 0.315 e. The zero-order chi connectivity index (χ0) is 17.6. The van der Waals surface area contributed by atoms with Crippen LogP contribution in [0.4, 0.5) is 4.79 Å². The van der Waals surface area contributed by atoms with Crippen molar-refractivity contribution in [1.82, 2.24) is 25.4 Å². The van der Waals surface area contributed by atoms with Gasteiger partial charge in [0.05, 0.1) is 0 Å². The van der Waals surface area contributed by atoms with Gasteiger partial charge in [-0.25, -0.2) is 4.79 Å². The molecule has 1 saturated carbocycles. The highest BCUT2D eigenvalue weighted by atomic mass is 16.2. The Morgan fingerprint density at radius 2 is 2.08 bits per heavy atom. The summed E-state index contributed by atoms with van der Waals surface area (Å²) >= 11 is 0. The maximum absolute atomic E-state index is 12.1. The number of nitrogens with one attached hydrogen (secondary N) is 2. The first-order chi connectivity index (χ1) is 12.1. The summed E-state index contributed by atoms with van der Waals surface area (Å²) in [5.41, 5.74) is 0. The van der Waals surface area contributed by atoms with E-state index < -0.39 is 0 Å². The number of rotatable bonds is 5. The first-order valence-corrected chi connectivity index (χ1v) is 10.1. The predicted octanol–water partition coefficient (Wildman–Crippen LogP) is 3.06. The smallest absolute Gasteiger partial charge is 0.315 e. The number of urea groups is 1. The van der Waals surface area contributed by atoms with Crippen LogP contribution in [0.3, 0.4) is 0 Å². The zero-order valence-corrected chi connectivity index (χ0v) is 15.8. The molecule has 1 aromatic rings. The lowest BCUT2D eigenvalue weighted by Gasteiger charge is -2.33. The average molecular weight is 348 g/mol. The van der Waals surface area contributed by atoms with Crippen molar-refractivity contribution >= 4 is 6.03 Å². The van der Waals surface area contributed by atoms with Crippen LogP contribution in [0.2, 0.25) is 0 Å². The lowest BCUT2D eigenvalue weighted by Crippen LogP contribution is -2.47. The fourth-order valence-electron chi connectivity index (χ4n) is 4.28. The first kappa shape index (κ1) is 18.2. The molecule has 2 amide bonds. The van der Waals surface area contributed by atoms with Crippen LogP contribution < -0.4 is 10.6 Å². The maximum atomic E-state index is 12.1. The minimum absolute atomic E-state index is 0.0218. The van der Waals surface area contributed by atoms with Crippen molar-refractivity contribution in [1.29, 1.82) is 0 Å². The van der Waals surface area contributed by atoms with Crippen LogP contribution in [-0.4, -0.2) is 33.4 Å². The molecule has 1 fully saturated rings. The average Bonchev–Trinajstić information content (AvgIpc) is 2.81. The highest BCUT2D eigenvalue weighted by molar-refractivity contribution is 5.74. The highest BCUT2D eigenvalue weighted by Gasteiger charge is 2.26. The van der Waals surface area contributed by atoms with E-state index in [-0.39, 0.29) is 6.03 Å². The lowest BCUT2D eigenvalue weighted by molar-refractivity contribution is 0.206. The molecule has 2 N–H and O–H groups in total. The van der Waals surface area contributed by atoms with E-state index >= 15 is 0 Å². The summed E-state index contributed by atoms with van der Waals surface area (Å²) in [5.74, 6) is 3.57. The van der Waals surface area contributed by atoms with Crippen LogP contribution in [0.5, 0.6) is 0 Å². The molecule has 1 aliphatic carbocycles. The third-order valence-corrected chi connectivity index (χ3v) is 5.80. The molecule has 0 bridgehead atoms. The van der Waals surface area contributed by atoms with Crippen LogP contribution >= 0.6 is 0 Å². The van der Waals surface area contributed by atoms with Gasteiger partial charge in [0.2, 0.25) is 0 Å². The molecule has 0 aromatic carbocycles. The molecule has 1 aromatic heterocycles. The number of hydrogen-bond donors (Lipinski definition) is 2. The van der Waals surface area contributed by atoms with E-state index in [1.165, 1.54) is 32.1 Å². The molecule has 6 heteroatoms. The summed E-state index contributed by atoms with van der Waals surface area (Å²) in [5, 5.41) is 14.9. The molecule has 1 aliphatic heterocycles. The van der Waals surface area contributed by atoms with Gasteiger partial charge in [-0.2, -0.15) is 0 Å². The Labute approximate surface area is 151 Å². The van der Waals surface area contributed by atoms with E-state index in [0.29, 0.717) is 18.5 Å². The van der Waals surface area contributed by atoms with Gasteiger partial charge in [0.15, 0.2) is 0 Å². The van der Waals surface area contributed by atoms with Crippen LogP contribution in [0.15, 0.2) is 0 Å². The number of aryl methyl sites for hydroxylation is 2. The Morgan fingerprint density at radius 1 is 1.20 bits per heavy atom. The second kappa shape index (κ2) is 8.68. The molecule has 0 radical (unpaired) electrons. The Balaban J connectivity index is 1.37. The second-order valence-electron chi connectivity index (χ2n) is 8.00. The van der Waals surface area contributed by atoms with E-state index in [0.717, 1.165) is 49.8 Å². The SMILES string of the molecule is C[C@H]1CC[C@H](NC(=O)NCCCc2nnc3n2CCCCC3)[C@H](C)C1. The molecular weight excluding hydrogens is 314 g/mol. The summed E-state index contributed by atoms with van der Waals surface area (Å²) in [6.45, 7) is 6.28. The van der Waals surface area contributed by atoms with E-state index in [1.807, 2.05) is 0 Å². The van der Waals surface area contributed by atoms with Gasteiger partial charge in [-0.15, -0.1) is 10.2 Å². The number of carbonyl (C=O) groups excluding carboxylic acids is 1. The Morgan fingerprint density at radius 3 is 2.92 bits per heavy atom. The van der Waals surface area contributed by atoms with Gasteiger partial charge >= 0.3 is 6.03 Å². The third kappa shape index (κ3) is 4.95. The fourth-order valence-corrected chi connectivity index (χ4v) is 4.28. The van der Waals surface area contributed by atoms with Gasteiger partial charge in [-0.05, 0) is 50.4 Å². The monoisotopic (exact) mass is 347 g/mol. The molecule has 0 unspecified atom stereocenters. The van der Waals surface area contributed by atoms with E-state index in [2.05, 4.69) is 39.2 Å². The Kier molecular flexibility index (Phi) is 6.32. The van der Waals surface area contributed by atoms with Crippen molar-refractivity contribution in [2.75, 3.05) is 6.54 Å². The number of aromatic nitrogens is 3. The molecular formula is C19H33N5O. The molecule has 3 rings (SSSR count). The highest BCUT2D eigenvalue weighted by Crippen LogP contribution is 2.28. The largest absolute Gasteiger partial charge is 0.338 e. The molecule has 25 heavy (non-hydrogen) atoms. The Bertz CT molecular complexity index is 570. The standard InChI is InChI=1S/C19H33N5O/c1-14-9-10-16(15(2)13-14)21-19(25)20-11-6-8-18-23-22-17-7-4-3-5-12-24(17)18/h14-16H,3-13H2,1-2H3,(H2,20,21,25)/t14-,15+,16-/m0/s1. The summed E-state index contributed by atoms with van der Waals surface area (Å²) in [7, 11) is 0. The summed E-state index contributed by atoms with van der Waals surface area (Å²) < 4.78 is 2.29. The Hall–Kier alpha value is -1.59. The predicted molar refractivity (Wildman–Crippen MR) is 98.4 cm³/mol. The van der Waals surface area contributed by atoms with E-state index in [1.54, 1.807) is 0 Å². The van der Waals surface area contributed by atoms with Gasteiger partial charge in [0.25, 0.3) is 0 Å². The molecule has 2 heterocycles. The number of nitrogens with zero attached hydrogens (tertiary/aromatic N) is 3. The second-order valence-corrected chi connectivity index (χ2v) is 8.00. The van der Waals surface area contributed by atoms with Crippen LogP contribution in [-0.2, 0) is 19.4 Å². The van der Waals surface area contributed by atoms with Gasteiger partial charge < -0.3 is 15.2 Å². The number of hydrogen-bond acceptors (Lipinski definition) is 3. The third-order valence-electron chi connectivity index (χ3n) is 5.80. The minimum Gasteiger partial charge on any atom is -0.338 e. The van der Waals surface area contributed by atoms with Crippen molar-refractivity contribution < 1.29 is 4.79 Å². The zero-order valence-electron chi connectivity index (χ0n) is 15.8. The molecule has 6 nitrogen and oxygen atoms in total. The number of fused-ring (bicyclic) bond motifs is 1. The van der Waals surface area contributed by atoms with Gasteiger partial charge in [-0.1, -0.05) is 20.3 Å². The quantitative estimate of drug-likeness (QED) is 0.804. The fraction of sp³-hybridized carbons (Fsp3) is 0.842. The van der Waals surface area contributed by atoms with Gasteiger partial charge in [0, 0.05) is 32.0 Å². The van der Waals surface area contributed by atoms with Crippen LogP contribution in [0, 0.1) is 11.8 Å².